The summed E-state index contributed by atoms with van der Waals surface area (Å²) in [5.74, 6) is 1.37. The van der Waals surface area contributed by atoms with Crippen LogP contribution in [0.15, 0.2) is 18.2 Å². The van der Waals surface area contributed by atoms with Gasteiger partial charge in [-0.3, -0.25) is 0 Å². The van der Waals surface area contributed by atoms with Crippen LogP contribution in [-0.4, -0.2) is 26.8 Å². The summed E-state index contributed by atoms with van der Waals surface area (Å²) in [6.45, 7) is 5.86. The second-order valence-electron chi connectivity index (χ2n) is 5.26. The number of tetrazole rings is 1. The van der Waals surface area contributed by atoms with Gasteiger partial charge in [-0.15, -0.1) is 10.2 Å². The third-order valence-corrected chi connectivity index (χ3v) is 2.80. The van der Waals surface area contributed by atoms with Crippen LogP contribution in [0, 0.1) is 11.7 Å². The Balaban J connectivity index is 2.00. The largest absolute Gasteiger partial charge is 0.485 e. The molecule has 0 unspecified atom stereocenters. The zero-order valence-corrected chi connectivity index (χ0v) is 12.5. The second kappa shape index (κ2) is 7.12. The van der Waals surface area contributed by atoms with Gasteiger partial charge in [0.2, 0.25) is 5.82 Å². The lowest BCUT2D eigenvalue weighted by Crippen LogP contribution is -2.19. The van der Waals surface area contributed by atoms with Crippen molar-refractivity contribution >= 4 is 0 Å². The van der Waals surface area contributed by atoms with Gasteiger partial charge in [0.15, 0.2) is 6.61 Å². The fourth-order valence-corrected chi connectivity index (χ4v) is 1.85. The van der Waals surface area contributed by atoms with Crippen molar-refractivity contribution < 1.29 is 9.13 Å². The van der Waals surface area contributed by atoms with Gasteiger partial charge in [0.25, 0.3) is 0 Å². The molecule has 0 fully saturated rings. The number of aromatic nitrogens is 4. The number of nitrogens with one attached hydrogen (secondary N) is 1. The summed E-state index contributed by atoms with van der Waals surface area (Å²) in [6.07, 6.45) is 0. The first-order chi connectivity index (χ1) is 10.0. The fraction of sp³-hybridized carbons (Fsp3) is 0.500. The van der Waals surface area contributed by atoms with Crippen LogP contribution in [-0.2, 0) is 20.2 Å². The predicted octanol–water partition coefficient (Wildman–Crippen LogP) is 1.67. The Bertz CT molecular complexity index is 584. The quantitative estimate of drug-likeness (QED) is 0.841. The maximum absolute atomic E-state index is 13.4. The van der Waals surface area contributed by atoms with Crippen molar-refractivity contribution in [1.29, 1.82) is 0 Å². The normalized spacial score (nSPS) is 11.1. The van der Waals surface area contributed by atoms with Crippen molar-refractivity contribution in [3.63, 3.8) is 0 Å². The second-order valence-corrected chi connectivity index (χ2v) is 5.26. The van der Waals surface area contributed by atoms with Gasteiger partial charge < -0.3 is 10.1 Å². The molecule has 1 aromatic carbocycles. The topological polar surface area (TPSA) is 64.9 Å². The minimum Gasteiger partial charge on any atom is -0.485 e. The summed E-state index contributed by atoms with van der Waals surface area (Å²) in [7, 11) is 1.69. The van der Waals surface area contributed by atoms with Crippen molar-refractivity contribution in [2.45, 2.75) is 27.0 Å². The highest BCUT2D eigenvalue weighted by molar-refractivity contribution is 5.34. The van der Waals surface area contributed by atoms with Crippen molar-refractivity contribution in [3.8, 4) is 5.75 Å². The molecular weight excluding hydrogens is 273 g/mol. The van der Waals surface area contributed by atoms with Crippen LogP contribution in [0.4, 0.5) is 4.39 Å². The van der Waals surface area contributed by atoms with Crippen molar-refractivity contribution in [2.24, 2.45) is 13.0 Å². The van der Waals surface area contributed by atoms with E-state index in [1.54, 1.807) is 13.1 Å². The summed E-state index contributed by atoms with van der Waals surface area (Å²) in [6, 6.07) is 4.48. The minimum atomic E-state index is -0.277. The van der Waals surface area contributed by atoms with Gasteiger partial charge in [0.1, 0.15) is 11.6 Å². The van der Waals surface area contributed by atoms with E-state index in [4.69, 9.17) is 4.74 Å². The van der Waals surface area contributed by atoms with Crippen LogP contribution in [0.5, 0.6) is 5.75 Å². The van der Waals surface area contributed by atoms with Gasteiger partial charge in [0.05, 0.1) is 7.05 Å². The van der Waals surface area contributed by atoms with Gasteiger partial charge in [-0.05, 0) is 35.9 Å². The Morgan fingerprint density at radius 3 is 2.86 bits per heavy atom. The molecule has 21 heavy (non-hydrogen) atoms. The Morgan fingerprint density at radius 2 is 2.19 bits per heavy atom. The number of benzene rings is 1. The van der Waals surface area contributed by atoms with E-state index in [0.29, 0.717) is 24.0 Å². The van der Waals surface area contributed by atoms with Crippen LogP contribution in [0.3, 0.4) is 0 Å². The lowest BCUT2D eigenvalue weighted by molar-refractivity contribution is 0.291. The summed E-state index contributed by atoms with van der Waals surface area (Å²) < 4.78 is 19.0. The van der Waals surface area contributed by atoms with Crippen molar-refractivity contribution in [2.75, 3.05) is 6.54 Å². The molecule has 0 radical (unpaired) electrons. The van der Waals surface area contributed by atoms with Gasteiger partial charge in [-0.2, -0.15) is 4.80 Å². The predicted molar refractivity (Wildman–Crippen MR) is 76.1 cm³/mol. The van der Waals surface area contributed by atoms with Crippen molar-refractivity contribution in [1.82, 2.24) is 25.5 Å². The molecule has 0 aliphatic carbocycles. The Kier molecular flexibility index (Phi) is 5.21. The molecule has 0 saturated heterocycles. The maximum atomic E-state index is 13.4. The molecule has 0 atom stereocenters. The highest BCUT2D eigenvalue weighted by Gasteiger charge is 2.08. The number of nitrogens with zero attached hydrogens (tertiary/aromatic N) is 4. The standard InChI is InChI=1S/C14H20FN5O/c1-10(2)7-16-8-11-6-12(15)4-5-13(11)21-9-14-17-19-20(3)18-14/h4-6,10,16H,7-9H2,1-3H3. The molecule has 0 bridgehead atoms. The third-order valence-electron chi connectivity index (χ3n) is 2.80. The first kappa shape index (κ1) is 15.4. The molecule has 0 aliphatic heterocycles. The molecule has 0 spiro atoms. The number of rotatable bonds is 7. The zero-order valence-electron chi connectivity index (χ0n) is 12.5. The molecule has 2 rings (SSSR count). The average Bonchev–Trinajstić information content (AvgIpc) is 2.83. The van der Waals surface area contributed by atoms with Gasteiger partial charge in [-0.25, -0.2) is 4.39 Å². The van der Waals surface area contributed by atoms with Gasteiger partial charge in [-0.1, -0.05) is 13.8 Å². The molecule has 1 aromatic heterocycles. The van der Waals surface area contributed by atoms with Crippen LogP contribution in [0.25, 0.3) is 0 Å². The fourth-order valence-electron chi connectivity index (χ4n) is 1.85. The van der Waals surface area contributed by atoms with Gasteiger partial charge >= 0.3 is 0 Å². The van der Waals surface area contributed by atoms with E-state index in [2.05, 4.69) is 34.6 Å². The number of halogens is 1. The molecule has 1 N–H and O–H groups in total. The number of ether oxygens (including phenoxy) is 1. The summed E-state index contributed by atoms with van der Waals surface area (Å²) >= 11 is 0. The summed E-state index contributed by atoms with van der Waals surface area (Å²) in [4.78, 5) is 1.37. The SMILES string of the molecule is CC(C)CNCc1cc(F)ccc1OCc1nnn(C)n1. The average molecular weight is 293 g/mol. The first-order valence-electron chi connectivity index (χ1n) is 6.89. The molecule has 0 amide bonds. The number of aryl methyl sites for hydroxylation is 1. The minimum absolute atomic E-state index is 0.205. The lowest BCUT2D eigenvalue weighted by Gasteiger charge is -2.12. The van der Waals surface area contributed by atoms with E-state index in [-0.39, 0.29) is 12.4 Å². The van der Waals surface area contributed by atoms with E-state index in [1.165, 1.54) is 16.9 Å². The molecule has 2 aromatic rings. The zero-order chi connectivity index (χ0) is 15.2. The smallest absolute Gasteiger partial charge is 0.212 e. The van der Waals surface area contributed by atoms with E-state index in [0.717, 1.165) is 12.1 Å². The molecule has 1 heterocycles. The van der Waals surface area contributed by atoms with Gasteiger partial charge in [0, 0.05) is 12.1 Å². The summed E-state index contributed by atoms with van der Waals surface area (Å²) in [5.41, 5.74) is 0.777. The molecule has 114 valence electrons. The van der Waals surface area contributed by atoms with E-state index < -0.39 is 0 Å². The molecular formula is C14H20FN5O. The Morgan fingerprint density at radius 1 is 1.38 bits per heavy atom. The van der Waals surface area contributed by atoms with Crippen LogP contribution < -0.4 is 10.1 Å². The number of hydrogen-bond donors (Lipinski definition) is 1. The Hall–Kier alpha value is -2.02. The van der Waals surface area contributed by atoms with E-state index in [9.17, 15) is 4.39 Å². The summed E-state index contributed by atoms with van der Waals surface area (Å²) in [5, 5.41) is 14.9. The molecule has 0 saturated carbocycles. The third kappa shape index (κ3) is 4.78. The number of hydrogen-bond acceptors (Lipinski definition) is 5. The Labute approximate surface area is 123 Å². The molecule has 6 nitrogen and oxygen atoms in total. The van der Waals surface area contributed by atoms with Crippen LogP contribution in [0.1, 0.15) is 25.2 Å². The highest BCUT2D eigenvalue weighted by atomic mass is 19.1. The van der Waals surface area contributed by atoms with Crippen LogP contribution in [0.2, 0.25) is 0 Å². The monoisotopic (exact) mass is 293 g/mol. The molecule has 0 aliphatic rings. The van der Waals surface area contributed by atoms with Crippen LogP contribution >= 0.6 is 0 Å². The van der Waals surface area contributed by atoms with E-state index >= 15 is 0 Å². The van der Waals surface area contributed by atoms with Crippen molar-refractivity contribution in [3.05, 3.63) is 35.4 Å². The van der Waals surface area contributed by atoms with E-state index in [1.807, 2.05) is 0 Å². The molecule has 7 heteroatoms. The highest BCUT2D eigenvalue weighted by Crippen LogP contribution is 2.20. The first-order valence-corrected chi connectivity index (χ1v) is 6.89. The maximum Gasteiger partial charge on any atom is 0.212 e. The lowest BCUT2D eigenvalue weighted by atomic mass is 10.1.